The molecule has 234 valence electrons. The minimum atomic E-state index is 0.939. The van der Waals surface area contributed by atoms with Gasteiger partial charge in [0.2, 0.25) is 0 Å². The van der Waals surface area contributed by atoms with E-state index in [2.05, 4.69) is 183 Å². The molecule has 1 nitrogen and oxygen atoms in total. The van der Waals surface area contributed by atoms with Crippen LogP contribution in [0.4, 0.5) is 0 Å². The highest BCUT2D eigenvalue weighted by atomic mass is 16.3. The van der Waals surface area contributed by atoms with Crippen molar-refractivity contribution in [2.75, 3.05) is 0 Å². The van der Waals surface area contributed by atoms with Crippen LogP contribution in [0, 0.1) is 6.92 Å². The highest BCUT2D eigenvalue weighted by Gasteiger charge is 2.19. The summed E-state index contributed by atoms with van der Waals surface area (Å²) in [6.45, 7) is 2.13. The number of fused-ring (bicyclic) bond motifs is 7. The maximum absolute atomic E-state index is 6.74. The van der Waals surface area contributed by atoms with Crippen LogP contribution in [0.3, 0.4) is 0 Å². The minimum Gasteiger partial charge on any atom is -0.455 e. The Morgan fingerprint density at radius 3 is 1.62 bits per heavy atom. The molecular formula is C49H32O. The molecule has 0 aliphatic heterocycles. The molecule has 0 saturated heterocycles. The summed E-state index contributed by atoms with van der Waals surface area (Å²) in [6.07, 6.45) is 0. The lowest BCUT2D eigenvalue weighted by Crippen LogP contribution is -1.91. The number of aryl methyl sites for hydroxylation is 1. The average Bonchev–Trinajstić information content (AvgIpc) is 3.58. The molecule has 0 amide bonds. The predicted octanol–water partition coefficient (Wildman–Crippen LogP) is 14.0. The number of hydrogen-bond donors (Lipinski definition) is 0. The van der Waals surface area contributed by atoms with Crippen molar-refractivity contribution in [1.82, 2.24) is 0 Å². The molecule has 1 aromatic heterocycles. The van der Waals surface area contributed by atoms with E-state index in [1.165, 1.54) is 76.5 Å². The van der Waals surface area contributed by atoms with Gasteiger partial charge in [0, 0.05) is 16.3 Å². The summed E-state index contributed by atoms with van der Waals surface area (Å²) in [5, 5.41) is 9.80. The van der Waals surface area contributed by atoms with E-state index in [-0.39, 0.29) is 0 Å². The van der Waals surface area contributed by atoms with E-state index in [0.29, 0.717) is 0 Å². The van der Waals surface area contributed by atoms with Crippen LogP contribution >= 0.6 is 0 Å². The van der Waals surface area contributed by atoms with Crippen molar-refractivity contribution in [3.05, 3.63) is 181 Å². The normalized spacial score (nSPS) is 11.7. The molecule has 0 aliphatic carbocycles. The molecule has 10 rings (SSSR count). The van der Waals surface area contributed by atoms with E-state index in [0.717, 1.165) is 27.9 Å². The predicted molar refractivity (Wildman–Crippen MR) is 213 cm³/mol. The van der Waals surface area contributed by atoms with E-state index < -0.39 is 0 Å². The molecule has 0 saturated carbocycles. The largest absolute Gasteiger partial charge is 0.455 e. The Bertz CT molecular complexity index is 2910. The van der Waals surface area contributed by atoms with Crippen molar-refractivity contribution in [2.24, 2.45) is 0 Å². The van der Waals surface area contributed by atoms with Crippen molar-refractivity contribution < 1.29 is 4.42 Å². The summed E-state index contributed by atoms with van der Waals surface area (Å²) in [6, 6.07) is 63.9. The fraction of sp³-hybridized carbons (Fsp3) is 0.0204. The van der Waals surface area contributed by atoms with Crippen LogP contribution in [0.15, 0.2) is 180 Å². The van der Waals surface area contributed by atoms with Gasteiger partial charge in [-0.15, -0.1) is 0 Å². The van der Waals surface area contributed by atoms with Crippen LogP contribution in [0.1, 0.15) is 5.56 Å². The highest BCUT2D eigenvalue weighted by Crippen LogP contribution is 2.46. The van der Waals surface area contributed by atoms with Gasteiger partial charge < -0.3 is 4.42 Å². The maximum atomic E-state index is 6.74. The molecule has 9 aromatic carbocycles. The Balaban J connectivity index is 1.23. The molecule has 0 N–H and O–H groups in total. The smallest absolute Gasteiger partial charge is 0.143 e. The van der Waals surface area contributed by atoms with Crippen molar-refractivity contribution in [1.29, 1.82) is 0 Å². The standard InChI is InChI=1S/C49H32O/c1-31-14-12-25-42-47-38-22-9-8-19-37(38)30-43(49(47)50-48(31)42)36-21-13-20-34(28-36)35-26-27-41-44(29-35)46(33-17-6-3-7-18-33)40-24-11-10-23-39(40)45(41)32-15-4-2-5-16-32/h2-30H,1H3. The van der Waals surface area contributed by atoms with E-state index >= 15 is 0 Å². The first kappa shape index (κ1) is 28.6. The lowest BCUT2D eigenvalue weighted by atomic mass is 9.84. The molecule has 50 heavy (non-hydrogen) atoms. The molecule has 0 spiro atoms. The maximum Gasteiger partial charge on any atom is 0.143 e. The topological polar surface area (TPSA) is 13.1 Å². The minimum absolute atomic E-state index is 0.939. The van der Waals surface area contributed by atoms with Crippen LogP contribution in [-0.2, 0) is 0 Å². The van der Waals surface area contributed by atoms with Crippen LogP contribution in [0.2, 0.25) is 0 Å². The Morgan fingerprint density at radius 2 is 0.880 bits per heavy atom. The molecule has 0 atom stereocenters. The molecule has 1 heteroatoms. The lowest BCUT2D eigenvalue weighted by Gasteiger charge is -2.19. The van der Waals surface area contributed by atoms with E-state index in [1.54, 1.807) is 0 Å². The van der Waals surface area contributed by atoms with Crippen LogP contribution in [0.5, 0.6) is 0 Å². The molecular weight excluding hydrogens is 605 g/mol. The van der Waals surface area contributed by atoms with Gasteiger partial charge in [-0.3, -0.25) is 0 Å². The number of furan rings is 1. The molecule has 0 aliphatic rings. The zero-order chi connectivity index (χ0) is 33.2. The second-order valence-corrected chi connectivity index (χ2v) is 13.3. The van der Waals surface area contributed by atoms with Gasteiger partial charge in [-0.25, -0.2) is 0 Å². The van der Waals surface area contributed by atoms with Crippen molar-refractivity contribution in [3.63, 3.8) is 0 Å². The van der Waals surface area contributed by atoms with Gasteiger partial charge in [0.05, 0.1) is 0 Å². The van der Waals surface area contributed by atoms with Gasteiger partial charge in [0.25, 0.3) is 0 Å². The zero-order valence-electron chi connectivity index (χ0n) is 27.7. The first-order valence-electron chi connectivity index (χ1n) is 17.3. The number of rotatable bonds is 4. The van der Waals surface area contributed by atoms with Gasteiger partial charge >= 0.3 is 0 Å². The third-order valence-electron chi connectivity index (χ3n) is 10.3. The van der Waals surface area contributed by atoms with Crippen molar-refractivity contribution >= 4 is 54.3 Å². The first-order valence-corrected chi connectivity index (χ1v) is 17.3. The number of para-hydroxylation sites is 1. The molecule has 0 bridgehead atoms. The van der Waals surface area contributed by atoms with Crippen molar-refractivity contribution in [3.8, 4) is 44.5 Å². The fourth-order valence-electron chi connectivity index (χ4n) is 8.06. The third-order valence-corrected chi connectivity index (χ3v) is 10.3. The van der Waals surface area contributed by atoms with Gasteiger partial charge in [-0.1, -0.05) is 158 Å². The second-order valence-electron chi connectivity index (χ2n) is 13.3. The SMILES string of the molecule is Cc1cccc2c1oc1c(-c3cccc(-c4ccc5c(-c6ccccc6)c6ccccc6c(-c6ccccc6)c5c4)c3)cc3ccccc3c12. The summed E-state index contributed by atoms with van der Waals surface area (Å²) in [5.41, 5.74) is 12.6. The summed E-state index contributed by atoms with van der Waals surface area (Å²) in [7, 11) is 0. The van der Waals surface area contributed by atoms with E-state index in [9.17, 15) is 0 Å². The summed E-state index contributed by atoms with van der Waals surface area (Å²) in [5.74, 6) is 0. The monoisotopic (exact) mass is 636 g/mol. The Labute approximate surface area is 290 Å². The van der Waals surface area contributed by atoms with E-state index in [1.807, 2.05) is 0 Å². The average molecular weight is 637 g/mol. The lowest BCUT2D eigenvalue weighted by molar-refractivity contribution is 0.667. The van der Waals surface area contributed by atoms with Crippen LogP contribution in [-0.4, -0.2) is 0 Å². The van der Waals surface area contributed by atoms with Crippen LogP contribution in [0.25, 0.3) is 98.8 Å². The molecule has 0 fully saturated rings. The number of benzene rings is 9. The molecule has 0 unspecified atom stereocenters. The Morgan fingerprint density at radius 1 is 0.340 bits per heavy atom. The highest BCUT2D eigenvalue weighted by molar-refractivity contribution is 6.24. The van der Waals surface area contributed by atoms with Gasteiger partial charge in [0.15, 0.2) is 0 Å². The summed E-state index contributed by atoms with van der Waals surface area (Å²) in [4.78, 5) is 0. The molecule has 1 heterocycles. The molecule has 10 aromatic rings. The van der Waals surface area contributed by atoms with Gasteiger partial charge in [-0.05, 0) is 102 Å². The molecule has 0 radical (unpaired) electrons. The fourth-order valence-corrected chi connectivity index (χ4v) is 8.06. The first-order chi connectivity index (χ1) is 24.7. The number of hydrogen-bond acceptors (Lipinski definition) is 1. The Hall–Kier alpha value is -6.44. The van der Waals surface area contributed by atoms with Gasteiger partial charge in [-0.2, -0.15) is 0 Å². The summed E-state index contributed by atoms with van der Waals surface area (Å²) >= 11 is 0. The van der Waals surface area contributed by atoms with Crippen molar-refractivity contribution in [2.45, 2.75) is 6.92 Å². The summed E-state index contributed by atoms with van der Waals surface area (Å²) < 4.78 is 6.74. The Kier molecular flexibility index (Phi) is 6.47. The van der Waals surface area contributed by atoms with Gasteiger partial charge in [0.1, 0.15) is 11.2 Å². The van der Waals surface area contributed by atoms with Crippen LogP contribution < -0.4 is 0 Å². The zero-order valence-corrected chi connectivity index (χ0v) is 27.7. The second kappa shape index (κ2) is 11.3. The third kappa shape index (κ3) is 4.41. The van der Waals surface area contributed by atoms with E-state index in [4.69, 9.17) is 4.42 Å². The quantitative estimate of drug-likeness (QED) is 0.175.